The maximum Gasteiger partial charge on any atom is 0.334 e. The summed E-state index contributed by atoms with van der Waals surface area (Å²) in [7, 11) is 1.97. The average molecular weight is 409 g/mol. The Hall–Kier alpha value is -2.64. The van der Waals surface area contributed by atoms with Gasteiger partial charge in [0.05, 0.1) is 11.1 Å². The molecular weight excluding hydrogens is 384 g/mol. The third-order valence-corrected chi connectivity index (χ3v) is 7.28. The van der Waals surface area contributed by atoms with Crippen LogP contribution in [0.25, 0.3) is 26.8 Å². The molecule has 1 aromatic carbocycles. The van der Waals surface area contributed by atoms with Crippen molar-refractivity contribution < 1.29 is 0 Å². The molecular formula is C22H24N4O2S. The number of aryl methyl sites for hydroxylation is 1. The summed E-state index contributed by atoms with van der Waals surface area (Å²) >= 11 is 1.51. The first-order chi connectivity index (χ1) is 13.6. The zero-order valence-electron chi connectivity index (χ0n) is 17.2. The summed E-state index contributed by atoms with van der Waals surface area (Å²) in [5.41, 5.74) is 1.64. The molecule has 1 aliphatic heterocycles. The first kappa shape index (κ1) is 18.4. The lowest BCUT2D eigenvalue weighted by molar-refractivity contribution is 0.248. The molecule has 0 atom stereocenters. The van der Waals surface area contributed by atoms with Crippen molar-refractivity contribution in [2.75, 3.05) is 0 Å². The quantitative estimate of drug-likeness (QED) is 0.507. The van der Waals surface area contributed by atoms with E-state index < -0.39 is 5.69 Å². The highest BCUT2D eigenvalue weighted by Gasteiger charge is 2.40. The Kier molecular flexibility index (Phi) is 3.62. The molecule has 0 saturated carbocycles. The molecule has 7 heteroatoms. The van der Waals surface area contributed by atoms with E-state index in [0.29, 0.717) is 15.9 Å². The van der Waals surface area contributed by atoms with Gasteiger partial charge in [-0.2, -0.15) is 0 Å². The Balaban J connectivity index is 1.82. The van der Waals surface area contributed by atoms with Crippen molar-refractivity contribution in [3.05, 3.63) is 61.7 Å². The molecule has 1 aliphatic rings. The lowest BCUT2D eigenvalue weighted by Gasteiger charge is -2.42. The number of fused-ring (bicyclic) bond motifs is 4. The van der Waals surface area contributed by atoms with Gasteiger partial charge >= 0.3 is 5.69 Å². The largest absolute Gasteiger partial charge is 0.351 e. The molecule has 0 saturated heterocycles. The van der Waals surface area contributed by atoms with Gasteiger partial charge in [0, 0.05) is 40.1 Å². The van der Waals surface area contributed by atoms with E-state index in [4.69, 9.17) is 0 Å². The number of H-pyrrole nitrogens is 1. The van der Waals surface area contributed by atoms with Gasteiger partial charge in [-0.15, -0.1) is 11.3 Å². The van der Waals surface area contributed by atoms with E-state index in [1.54, 1.807) is 0 Å². The van der Waals surface area contributed by atoms with Gasteiger partial charge in [-0.3, -0.25) is 9.78 Å². The topological polar surface area (TPSA) is 71.8 Å². The van der Waals surface area contributed by atoms with E-state index in [2.05, 4.69) is 38.0 Å². The number of rotatable bonds is 1. The molecule has 0 amide bonds. The molecule has 5 rings (SSSR count). The van der Waals surface area contributed by atoms with Crippen LogP contribution < -0.4 is 16.6 Å². The second kappa shape index (κ2) is 5.70. The van der Waals surface area contributed by atoms with Crippen LogP contribution in [-0.4, -0.2) is 19.7 Å². The molecule has 0 radical (unpaired) electrons. The minimum atomic E-state index is -0.401. The molecule has 3 aromatic heterocycles. The maximum atomic E-state index is 13.6. The third kappa shape index (κ3) is 2.64. The summed E-state index contributed by atoms with van der Waals surface area (Å²) in [4.78, 5) is 31.2. The highest BCUT2D eigenvalue weighted by molar-refractivity contribution is 7.19. The Bertz CT molecular complexity index is 1410. The van der Waals surface area contributed by atoms with Crippen molar-refractivity contribution in [1.82, 2.24) is 19.4 Å². The lowest BCUT2D eigenvalue weighted by atomic mass is 9.82. The van der Waals surface area contributed by atoms with Gasteiger partial charge in [-0.1, -0.05) is 0 Å². The molecule has 150 valence electrons. The normalized spacial score (nSPS) is 17.7. The van der Waals surface area contributed by atoms with Gasteiger partial charge in [0.25, 0.3) is 5.56 Å². The van der Waals surface area contributed by atoms with Crippen LogP contribution in [0.4, 0.5) is 0 Å². The zero-order chi connectivity index (χ0) is 20.7. The number of aromatic nitrogens is 3. The highest BCUT2D eigenvalue weighted by atomic mass is 32.1. The van der Waals surface area contributed by atoms with Crippen molar-refractivity contribution >= 4 is 32.5 Å². The van der Waals surface area contributed by atoms with Crippen LogP contribution in [0.15, 0.2) is 40.1 Å². The third-order valence-electron chi connectivity index (χ3n) is 5.81. The zero-order valence-corrected chi connectivity index (χ0v) is 18.0. The van der Waals surface area contributed by atoms with Gasteiger partial charge in [-0.25, -0.2) is 9.36 Å². The summed E-state index contributed by atoms with van der Waals surface area (Å²) in [6.07, 6.45) is 2.71. The molecule has 0 fully saturated rings. The first-order valence-electron chi connectivity index (χ1n) is 9.73. The van der Waals surface area contributed by atoms with E-state index in [1.165, 1.54) is 15.9 Å². The number of aromatic amines is 1. The Labute approximate surface area is 171 Å². The van der Waals surface area contributed by atoms with Crippen molar-refractivity contribution in [2.45, 2.75) is 45.2 Å². The SMILES string of the molecule is Cn1ccc2cc(-n3c(=O)[nH]c4sc5c(c4c3=O)CC(C)(C)NC5(C)C)ccc21. The Morgan fingerprint density at radius 1 is 1.10 bits per heavy atom. The van der Waals surface area contributed by atoms with Crippen LogP contribution >= 0.6 is 11.3 Å². The fourth-order valence-electron chi connectivity index (χ4n) is 4.84. The summed E-state index contributed by atoms with van der Waals surface area (Å²) in [5, 5.41) is 5.29. The minimum absolute atomic E-state index is 0.138. The van der Waals surface area contributed by atoms with Crippen LogP contribution in [0.2, 0.25) is 0 Å². The first-order valence-corrected chi connectivity index (χ1v) is 10.5. The van der Waals surface area contributed by atoms with E-state index in [0.717, 1.165) is 27.8 Å². The predicted octanol–water partition coefficient (Wildman–Crippen LogP) is 3.39. The number of hydrogen-bond acceptors (Lipinski definition) is 4. The molecule has 6 nitrogen and oxygen atoms in total. The number of nitrogens with one attached hydrogen (secondary N) is 2. The minimum Gasteiger partial charge on any atom is -0.351 e. The Morgan fingerprint density at radius 2 is 1.86 bits per heavy atom. The van der Waals surface area contributed by atoms with E-state index in [-0.39, 0.29) is 16.6 Å². The van der Waals surface area contributed by atoms with Crippen LogP contribution in [0.5, 0.6) is 0 Å². The molecule has 0 aliphatic carbocycles. The molecule has 0 bridgehead atoms. The second-order valence-electron chi connectivity index (χ2n) is 9.17. The fourth-order valence-corrected chi connectivity index (χ4v) is 6.10. The molecule has 2 N–H and O–H groups in total. The predicted molar refractivity (Wildman–Crippen MR) is 118 cm³/mol. The van der Waals surface area contributed by atoms with E-state index in [1.807, 2.05) is 42.1 Å². The van der Waals surface area contributed by atoms with Crippen molar-refractivity contribution in [2.24, 2.45) is 7.05 Å². The van der Waals surface area contributed by atoms with Gasteiger partial charge in [0.15, 0.2) is 0 Å². The van der Waals surface area contributed by atoms with Crippen LogP contribution in [0.3, 0.4) is 0 Å². The maximum absolute atomic E-state index is 13.6. The molecule has 4 aromatic rings. The van der Waals surface area contributed by atoms with Crippen molar-refractivity contribution in [1.29, 1.82) is 0 Å². The number of nitrogens with zero attached hydrogens (tertiary/aromatic N) is 2. The van der Waals surface area contributed by atoms with Crippen LogP contribution in [0.1, 0.15) is 38.1 Å². The average Bonchev–Trinajstić information content (AvgIpc) is 3.14. The number of hydrogen-bond donors (Lipinski definition) is 2. The molecule has 0 unspecified atom stereocenters. The Morgan fingerprint density at radius 3 is 2.62 bits per heavy atom. The van der Waals surface area contributed by atoms with Crippen molar-refractivity contribution in [3.63, 3.8) is 0 Å². The second-order valence-corrected chi connectivity index (χ2v) is 10.2. The van der Waals surface area contributed by atoms with Gasteiger partial charge in [0.1, 0.15) is 4.83 Å². The number of thiophene rings is 1. The van der Waals surface area contributed by atoms with E-state index in [9.17, 15) is 9.59 Å². The lowest BCUT2D eigenvalue weighted by Crippen LogP contribution is -2.54. The smallest absolute Gasteiger partial charge is 0.334 e. The van der Waals surface area contributed by atoms with Gasteiger partial charge in [-0.05, 0) is 63.9 Å². The standard InChI is InChI=1S/C22H24N4O2S/c1-21(2)11-14-16-18(29-17(14)22(3,4)24-21)23-20(28)26(19(16)27)13-6-7-15-12(10-13)8-9-25(15)5/h6-10,24H,11H2,1-5H3,(H,23,28). The fraction of sp³-hybridized carbons (Fsp3) is 0.364. The van der Waals surface area contributed by atoms with Crippen LogP contribution in [0, 0.1) is 0 Å². The summed E-state index contributed by atoms with van der Waals surface area (Å²) in [5.74, 6) is 0. The van der Waals surface area contributed by atoms with Crippen LogP contribution in [-0.2, 0) is 19.0 Å². The van der Waals surface area contributed by atoms with Gasteiger partial charge in [0.2, 0.25) is 0 Å². The molecule has 29 heavy (non-hydrogen) atoms. The van der Waals surface area contributed by atoms with E-state index >= 15 is 0 Å². The summed E-state index contributed by atoms with van der Waals surface area (Å²) in [6, 6.07) is 7.66. The van der Waals surface area contributed by atoms with Gasteiger partial charge < -0.3 is 9.88 Å². The number of benzene rings is 1. The monoisotopic (exact) mass is 408 g/mol. The van der Waals surface area contributed by atoms with Crippen molar-refractivity contribution in [3.8, 4) is 5.69 Å². The summed E-state index contributed by atoms with van der Waals surface area (Å²) in [6.45, 7) is 8.55. The molecule has 0 spiro atoms. The molecule has 4 heterocycles. The highest BCUT2D eigenvalue weighted by Crippen LogP contribution is 2.41. The summed E-state index contributed by atoms with van der Waals surface area (Å²) < 4.78 is 3.28.